The average molecular weight is 293 g/mol. The van der Waals surface area contributed by atoms with E-state index in [4.69, 9.17) is 0 Å². The lowest BCUT2D eigenvalue weighted by Gasteiger charge is -2.10. The summed E-state index contributed by atoms with van der Waals surface area (Å²) in [5, 5.41) is 2.71. The highest BCUT2D eigenvalue weighted by atomic mass is 19.4. The van der Waals surface area contributed by atoms with Crippen molar-refractivity contribution in [2.45, 2.75) is 6.18 Å². The van der Waals surface area contributed by atoms with Crippen LogP contribution in [0.5, 0.6) is 0 Å². The molecule has 1 nitrogen and oxygen atoms in total. The fourth-order valence-corrected chi connectivity index (χ4v) is 1.67. The number of nitrogens with one attached hydrogen (secondary N) is 1. The van der Waals surface area contributed by atoms with Gasteiger partial charge in [0.25, 0.3) is 0 Å². The van der Waals surface area contributed by atoms with Crippen LogP contribution in [0.3, 0.4) is 0 Å². The third-order valence-electron chi connectivity index (χ3n) is 2.66. The molecule has 0 bridgehead atoms. The van der Waals surface area contributed by atoms with Crippen molar-refractivity contribution in [2.75, 3.05) is 11.9 Å². The summed E-state index contributed by atoms with van der Waals surface area (Å²) in [7, 11) is 0. The second kappa shape index (κ2) is 6.31. The van der Waals surface area contributed by atoms with Gasteiger partial charge in [0.15, 0.2) is 0 Å². The summed E-state index contributed by atoms with van der Waals surface area (Å²) in [5.74, 6) is 4.36. The van der Waals surface area contributed by atoms with Gasteiger partial charge < -0.3 is 5.32 Å². The standard InChI is InChI=1S/C16H11F4N/c17-15-9-8-13(11-14(15)16(18,19)20)21-10-4-7-12-5-2-1-3-6-12/h1-3,5-6,8-9,11,21H,10H2. The van der Waals surface area contributed by atoms with Crippen molar-refractivity contribution >= 4 is 5.69 Å². The van der Waals surface area contributed by atoms with Crippen molar-refractivity contribution in [3.05, 3.63) is 65.5 Å². The van der Waals surface area contributed by atoms with Crippen LogP contribution in [0.15, 0.2) is 48.5 Å². The highest BCUT2D eigenvalue weighted by Crippen LogP contribution is 2.32. The monoisotopic (exact) mass is 293 g/mol. The molecule has 21 heavy (non-hydrogen) atoms. The van der Waals surface area contributed by atoms with Crippen molar-refractivity contribution in [3.8, 4) is 11.8 Å². The lowest BCUT2D eigenvalue weighted by Crippen LogP contribution is -2.09. The van der Waals surface area contributed by atoms with Gasteiger partial charge in [-0.15, -0.1) is 0 Å². The summed E-state index contributed by atoms with van der Waals surface area (Å²) in [6.07, 6.45) is -4.71. The van der Waals surface area contributed by atoms with E-state index in [1.54, 1.807) is 0 Å². The Kier molecular flexibility index (Phi) is 4.49. The van der Waals surface area contributed by atoms with Crippen molar-refractivity contribution in [3.63, 3.8) is 0 Å². The van der Waals surface area contributed by atoms with Crippen LogP contribution in [0.1, 0.15) is 11.1 Å². The molecule has 1 N–H and O–H groups in total. The van der Waals surface area contributed by atoms with Crippen LogP contribution in [-0.2, 0) is 6.18 Å². The third-order valence-corrected chi connectivity index (χ3v) is 2.66. The average Bonchev–Trinajstić information content (AvgIpc) is 2.45. The Morgan fingerprint density at radius 1 is 1.00 bits per heavy atom. The molecule has 0 radical (unpaired) electrons. The van der Waals surface area contributed by atoms with Crippen LogP contribution in [-0.4, -0.2) is 6.54 Å². The first-order chi connectivity index (χ1) is 9.97. The van der Waals surface area contributed by atoms with E-state index in [0.29, 0.717) is 0 Å². The smallest absolute Gasteiger partial charge is 0.374 e. The second-order valence-corrected chi connectivity index (χ2v) is 4.21. The molecule has 0 unspecified atom stereocenters. The molecule has 0 heterocycles. The maximum Gasteiger partial charge on any atom is 0.419 e. The van der Waals surface area contributed by atoms with Gasteiger partial charge in [-0.25, -0.2) is 4.39 Å². The van der Waals surface area contributed by atoms with E-state index in [1.165, 1.54) is 6.07 Å². The van der Waals surface area contributed by atoms with E-state index >= 15 is 0 Å². The van der Waals surface area contributed by atoms with E-state index in [0.717, 1.165) is 17.7 Å². The molecule has 108 valence electrons. The maximum absolute atomic E-state index is 13.1. The molecular weight excluding hydrogens is 282 g/mol. The fraction of sp³-hybridized carbons (Fsp3) is 0.125. The van der Waals surface area contributed by atoms with Crippen molar-refractivity contribution in [1.82, 2.24) is 0 Å². The van der Waals surface area contributed by atoms with E-state index in [1.807, 2.05) is 30.3 Å². The lowest BCUT2D eigenvalue weighted by molar-refractivity contribution is -0.139. The maximum atomic E-state index is 13.1. The lowest BCUT2D eigenvalue weighted by atomic mass is 10.2. The number of anilines is 1. The van der Waals surface area contributed by atoms with Crippen LogP contribution in [0.25, 0.3) is 0 Å². The Morgan fingerprint density at radius 2 is 1.71 bits per heavy atom. The van der Waals surface area contributed by atoms with Crippen LogP contribution in [0, 0.1) is 17.7 Å². The van der Waals surface area contributed by atoms with Gasteiger partial charge in [-0.1, -0.05) is 30.0 Å². The quantitative estimate of drug-likeness (QED) is 0.642. The molecule has 0 aromatic heterocycles. The minimum absolute atomic E-state index is 0.165. The number of benzene rings is 2. The Labute approximate surface area is 119 Å². The Bertz CT molecular complexity index is 666. The normalized spacial score (nSPS) is 10.7. The predicted octanol–water partition coefficient (Wildman–Crippen LogP) is 4.31. The molecule has 0 aliphatic carbocycles. The number of rotatable bonds is 2. The van der Waals surface area contributed by atoms with Crippen LogP contribution >= 0.6 is 0 Å². The second-order valence-electron chi connectivity index (χ2n) is 4.21. The largest absolute Gasteiger partial charge is 0.419 e. The Balaban J connectivity index is 2.03. The molecule has 0 saturated heterocycles. The third kappa shape index (κ3) is 4.25. The molecule has 0 atom stereocenters. The summed E-state index contributed by atoms with van der Waals surface area (Å²) in [6.45, 7) is 0.165. The van der Waals surface area contributed by atoms with Crippen LogP contribution in [0.4, 0.5) is 23.2 Å². The van der Waals surface area contributed by atoms with Gasteiger partial charge in [0.1, 0.15) is 5.82 Å². The zero-order valence-corrected chi connectivity index (χ0v) is 10.8. The van der Waals surface area contributed by atoms with Crippen LogP contribution < -0.4 is 5.32 Å². The van der Waals surface area contributed by atoms with Crippen molar-refractivity contribution in [1.29, 1.82) is 0 Å². The molecule has 0 aliphatic rings. The topological polar surface area (TPSA) is 12.0 Å². The Hall–Kier alpha value is -2.48. The van der Waals surface area contributed by atoms with Gasteiger partial charge in [0.05, 0.1) is 12.1 Å². The van der Waals surface area contributed by atoms with Gasteiger partial charge in [0.2, 0.25) is 0 Å². The minimum atomic E-state index is -4.71. The summed E-state index contributed by atoms with van der Waals surface area (Å²) in [6, 6.07) is 12.0. The first kappa shape index (κ1) is 14.9. The molecule has 0 spiro atoms. The number of hydrogen-bond donors (Lipinski definition) is 1. The SMILES string of the molecule is Fc1ccc(NCC#Cc2ccccc2)cc1C(F)(F)F. The summed E-state index contributed by atoms with van der Waals surface area (Å²) < 4.78 is 50.7. The fourth-order valence-electron chi connectivity index (χ4n) is 1.67. The number of alkyl halides is 3. The highest BCUT2D eigenvalue weighted by molar-refractivity contribution is 5.48. The molecule has 5 heteroatoms. The van der Waals surface area contributed by atoms with E-state index in [-0.39, 0.29) is 12.2 Å². The molecule has 2 rings (SSSR count). The van der Waals surface area contributed by atoms with Gasteiger partial charge >= 0.3 is 6.18 Å². The molecule has 0 fully saturated rings. The van der Waals surface area contributed by atoms with E-state index in [9.17, 15) is 17.6 Å². The van der Waals surface area contributed by atoms with E-state index in [2.05, 4.69) is 17.2 Å². The molecule has 2 aromatic rings. The number of halogens is 4. The van der Waals surface area contributed by atoms with Gasteiger partial charge in [0, 0.05) is 11.3 Å². The molecule has 2 aromatic carbocycles. The van der Waals surface area contributed by atoms with Crippen LogP contribution in [0.2, 0.25) is 0 Å². The molecular formula is C16H11F4N. The zero-order valence-electron chi connectivity index (χ0n) is 10.8. The molecule has 0 aliphatic heterocycles. The van der Waals surface area contributed by atoms with Gasteiger partial charge in [-0.2, -0.15) is 13.2 Å². The molecule has 0 amide bonds. The van der Waals surface area contributed by atoms with Crippen molar-refractivity contribution in [2.24, 2.45) is 0 Å². The predicted molar refractivity (Wildman–Crippen MR) is 73.2 cm³/mol. The van der Waals surface area contributed by atoms with Gasteiger partial charge in [-0.05, 0) is 30.3 Å². The zero-order chi connectivity index (χ0) is 15.3. The minimum Gasteiger partial charge on any atom is -0.374 e. The first-order valence-corrected chi connectivity index (χ1v) is 6.11. The molecule has 0 saturated carbocycles. The highest BCUT2D eigenvalue weighted by Gasteiger charge is 2.34. The summed E-state index contributed by atoms with van der Waals surface area (Å²) >= 11 is 0. The first-order valence-electron chi connectivity index (χ1n) is 6.11. The van der Waals surface area contributed by atoms with E-state index < -0.39 is 17.6 Å². The van der Waals surface area contributed by atoms with Crippen molar-refractivity contribution < 1.29 is 17.6 Å². The summed E-state index contributed by atoms with van der Waals surface area (Å²) in [5.41, 5.74) is -0.302. The summed E-state index contributed by atoms with van der Waals surface area (Å²) in [4.78, 5) is 0. The Morgan fingerprint density at radius 3 is 2.38 bits per heavy atom. The number of hydrogen-bond acceptors (Lipinski definition) is 1. The van der Waals surface area contributed by atoms with Gasteiger partial charge in [-0.3, -0.25) is 0 Å².